The Kier molecular flexibility index (Phi) is 6.44. The monoisotopic (exact) mass is 330 g/mol. The summed E-state index contributed by atoms with van der Waals surface area (Å²) >= 11 is 0. The number of carbonyl (C=O) groups is 1. The van der Waals surface area contributed by atoms with Crippen molar-refractivity contribution in [2.45, 2.75) is 19.9 Å². The molecule has 1 unspecified atom stereocenters. The number of urea groups is 1. The first kappa shape index (κ1) is 18.1. The number of nitriles is 1. The fourth-order valence-electron chi connectivity index (χ4n) is 3.02. The van der Waals surface area contributed by atoms with Crippen LogP contribution in [-0.4, -0.2) is 67.1 Å². The van der Waals surface area contributed by atoms with Crippen LogP contribution < -0.4 is 4.74 Å². The Labute approximate surface area is 144 Å². The summed E-state index contributed by atoms with van der Waals surface area (Å²) in [6.07, 6.45) is 0. The van der Waals surface area contributed by atoms with Crippen molar-refractivity contribution in [3.63, 3.8) is 0 Å². The smallest absolute Gasteiger partial charge is 0.320 e. The molecule has 0 aromatic heterocycles. The van der Waals surface area contributed by atoms with Gasteiger partial charge in [-0.2, -0.15) is 5.26 Å². The highest BCUT2D eigenvalue weighted by Gasteiger charge is 2.28. The van der Waals surface area contributed by atoms with Gasteiger partial charge in [0.1, 0.15) is 11.8 Å². The summed E-state index contributed by atoms with van der Waals surface area (Å²) in [5, 5.41) is 9.59. The van der Waals surface area contributed by atoms with E-state index in [1.807, 2.05) is 47.9 Å². The van der Waals surface area contributed by atoms with Gasteiger partial charge in [0.15, 0.2) is 0 Å². The van der Waals surface area contributed by atoms with Crippen molar-refractivity contribution in [3.05, 3.63) is 29.8 Å². The molecule has 2 rings (SSSR count). The van der Waals surface area contributed by atoms with E-state index in [0.29, 0.717) is 26.2 Å². The van der Waals surface area contributed by atoms with Gasteiger partial charge >= 0.3 is 6.03 Å². The van der Waals surface area contributed by atoms with E-state index >= 15 is 0 Å². The molecule has 1 fully saturated rings. The van der Waals surface area contributed by atoms with Gasteiger partial charge < -0.3 is 14.5 Å². The molecular formula is C18H26N4O2. The normalized spacial score (nSPS) is 16.3. The summed E-state index contributed by atoms with van der Waals surface area (Å²) in [6, 6.07) is 9.80. The summed E-state index contributed by atoms with van der Waals surface area (Å²) in [7, 11) is 1.63. The van der Waals surface area contributed by atoms with Crippen LogP contribution in [0.15, 0.2) is 24.3 Å². The highest BCUT2D eigenvalue weighted by molar-refractivity contribution is 5.74. The lowest BCUT2D eigenvalue weighted by atomic mass is 10.1. The Morgan fingerprint density at radius 2 is 1.79 bits per heavy atom. The Morgan fingerprint density at radius 3 is 2.25 bits per heavy atom. The fourth-order valence-corrected chi connectivity index (χ4v) is 3.02. The van der Waals surface area contributed by atoms with E-state index in [9.17, 15) is 10.1 Å². The first-order valence-corrected chi connectivity index (χ1v) is 8.46. The second-order valence-electron chi connectivity index (χ2n) is 5.78. The van der Waals surface area contributed by atoms with Gasteiger partial charge in [0, 0.05) is 39.3 Å². The maximum Gasteiger partial charge on any atom is 0.320 e. The van der Waals surface area contributed by atoms with Crippen molar-refractivity contribution in [3.8, 4) is 11.8 Å². The number of hydrogen-bond acceptors (Lipinski definition) is 4. The Hall–Kier alpha value is -2.26. The summed E-state index contributed by atoms with van der Waals surface area (Å²) in [6.45, 7) is 8.16. The minimum atomic E-state index is -0.290. The molecule has 130 valence electrons. The lowest BCUT2D eigenvalue weighted by Crippen LogP contribution is -2.53. The fraction of sp³-hybridized carbons (Fsp3) is 0.556. The number of hydrogen-bond donors (Lipinski definition) is 0. The minimum Gasteiger partial charge on any atom is -0.497 e. The Morgan fingerprint density at radius 1 is 1.21 bits per heavy atom. The summed E-state index contributed by atoms with van der Waals surface area (Å²) in [5.41, 5.74) is 0.960. The number of benzene rings is 1. The topological polar surface area (TPSA) is 59.8 Å². The predicted molar refractivity (Wildman–Crippen MR) is 92.8 cm³/mol. The van der Waals surface area contributed by atoms with Crippen LogP contribution in [0.5, 0.6) is 5.75 Å². The zero-order valence-electron chi connectivity index (χ0n) is 14.7. The second-order valence-corrected chi connectivity index (χ2v) is 5.78. The van der Waals surface area contributed by atoms with E-state index in [-0.39, 0.29) is 12.1 Å². The standard InChI is InChI=1S/C18H26N4O2/c1-4-20(5-2)18(23)22-12-10-21(11-13-22)17(14-19)15-6-8-16(24-3)9-7-15/h6-9,17H,4-5,10-13H2,1-3H3. The van der Waals surface area contributed by atoms with Gasteiger partial charge in [-0.3, -0.25) is 4.90 Å². The van der Waals surface area contributed by atoms with E-state index in [2.05, 4.69) is 11.0 Å². The molecule has 0 bridgehead atoms. The summed E-state index contributed by atoms with van der Waals surface area (Å²) in [4.78, 5) is 18.2. The summed E-state index contributed by atoms with van der Waals surface area (Å²) in [5.74, 6) is 0.782. The van der Waals surface area contributed by atoms with Gasteiger partial charge in [-0.05, 0) is 31.5 Å². The number of methoxy groups -OCH3 is 1. The molecule has 1 saturated heterocycles. The first-order chi connectivity index (χ1) is 11.6. The molecule has 1 aliphatic rings. The molecule has 1 atom stereocenters. The van der Waals surface area contributed by atoms with Crippen LogP contribution in [0.4, 0.5) is 4.79 Å². The van der Waals surface area contributed by atoms with Gasteiger partial charge in [-0.15, -0.1) is 0 Å². The lowest BCUT2D eigenvalue weighted by Gasteiger charge is -2.38. The van der Waals surface area contributed by atoms with Crippen LogP contribution in [0.3, 0.4) is 0 Å². The molecule has 0 aliphatic carbocycles. The van der Waals surface area contributed by atoms with E-state index in [0.717, 1.165) is 24.4 Å². The lowest BCUT2D eigenvalue weighted by molar-refractivity contribution is 0.104. The zero-order valence-corrected chi connectivity index (χ0v) is 14.7. The van der Waals surface area contributed by atoms with Crippen molar-refractivity contribution >= 4 is 6.03 Å². The third-order valence-corrected chi connectivity index (χ3v) is 4.54. The number of ether oxygens (including phenoxy) is 1. The number of amides is 2. The molecule has 1 aromatic rings. The quantitative estimate of drug-likeness (QED) is 0.831. The molecule has 6 nitrogen and oxygen atoms in total. The number of carbonyl (C=O) groups excluding carboxylic acids is 1. The maximum absolute atomic E-state index is 12.4. The van der Waals surface area contributed by atoms with Crippen LogP contribution in [0.25, 0.3) is 0 Å². The number of nitrogens with zero attached hydrogens (tertiary/aromatic N) is 4. The number of rotatable bonds is 5. The van der Waals surface area contributed by atoms with Crippen molar-refractivity contribution < 1.29 is 9.53 Å². The van der Waals surface area contributed by atoms with E-state index in [1.54, 1.807) is 7.11 Å². The third-order valence-electron chi connectivity index (χ3n) is 4.54. The summed E-state index contributed by atoms with van der Waals surface area (Å²) < 4.78 is 5.17. The van der Waals surface area contributed by atoms with Crippen LogP contribution in [0.1, 0.15) is 25.5 Å². The van der Waals surface area contributed by atoms with E-state index in [1.165, 1.54) is 0 Å². The minimum absolute atomic E-state index is 0.0950. The van der Waals surface area contributed by atoms with Crippen LogP contribution in [-0.2, 0) is 0 Å². The second kappa shape index (κ2) is 8.55. The Bertz CT molecular complexity index is 570. The van der Waals surface area contributed by atoms with Crippen molar-refractivity contribution in [2.24, 2.45) is 0 Å². The van der Waals surface area contributed by atoms with Crippen molar-refractivity contribution in [2.75, 3.05) is 46.4 Å². The molecule has 0 N–H and O–H groups in total. The van der Waals surface area contributed by atoms with Gasteiger partial charge in [0.25, 0.3) is 0 Å². The molecule has 0 spiro atoms. The average molecular weight is 330 g/mol. The van der Waals surface area contributed by atoms with E-state index < -0.39 is 0 Å². The molecule has 24 heavy (non-hydrogen) atoms. The van der Waals surface area contributed by atoms with E-state index in [4.69, 9.17) is 4.74 Å². The molecule has 0 saturated carbocycles. The van der Waals surface area contributed by atoms with Crippen LogP contribution >= 0.6 is 0 Å². The van der Waals surface area contributed by atoms with Crippen LogP contribution in [0, 0.1) is 11.3 Å². The molecule has 1 heterocycles. The van der Waals surface area contributed by atoms with Gasteiger partial charge in [0.2, 0.25) is 0 Å². The highest BCUT2D eigenvalue weighted by Crippen LogP contribution is 2.24. The third kappa shape index (κ3) is 3.98. The molecule has 6 heteroatoms. The number of piperazine rings is 1. The molecule has 1 aromatic carbocycles. The average Bonchev–Trinajstić information content (AvgIpc) is 2.64. The largest absolute Gasteiger partial charge is 0.497 e. The van der Waals surface area contributed by atoms with Gasteiger partial charge in [-0.25, -0.2) is 4.79 Å². The molecular weight excluding hydrogens is 304 g/mol. The van der Waals surface area contributed by atoms with Crippen molar-refractivity contribution in [1.29, 1.82) is 5.26 Å². The molecule has 0 radical (unpaired) electrons. The van der Waals surface area contributed by atoms with Gasteiger partial charge in [0.05, 0.1) is 13.2 Å². The Balaban J connectivity index is 1.99. The highest BCUT2D eigenvalue weighted by atomic mass is 16.5. The predicted octanol–water partition coefficient (Wildman–Crippen LogP) is 2.34. The molecule has 1 aliphatic heterocycles. The SMILES string of the molecule is CCN(CC)C(=O)N1CCN(C(C#N)c2ccc(OC)cc2)CC1. The molecule has 2 amide bonds. The van der Waals surface area contributed by atoms with Crippen molar-refractivity contribution in [1.82, 2.24) is 14.7 Å². The first-order valence-electron chi connectivity index (χ1n) is 8.46. The maximum atomic E-state index is 12.4. The zero-order chi connectivity index (χ0) is 17.5. The van der Waals surface area contributed by atoms with Gasteiger partial charge in [-0.1, -0.05) is 12.1 Å². The van der Waals surface area contributed by atoms with Crippen LogP contribution in [0.2, 0.25) is 0 Å².